The summed E-state index contributed by atoms with van der Waals surface area (Å²) in [5.74, 6) is 1.41. The third-order valence-corrected chi connectivity index (χ3v) is 3.98. The predicted octanol–water partition coefficient (Wildman–Crippen LogP) is 2.94. The molecule has 2 aromatic rings. The molecular formula is C21H23NO7. The van der Waals surface area contributed by atoms with Crippen molar-refractivity contribution in [1.82, 2.24) is 0 Å². The molecule has 29 heavy (non-hydrogen) atoms. The number of anilines is 1. The van der Waals surface area contributed by atoms with Gasteiger partial charge in [0.15, 0.2) is 29.6 Å². The SMILES string of the molecule is CCOc1ccc(CC(=O)OCC(=O)Nc2ccc3c(c2)OCO3)cc1OCC. The number of nitrogens with one attached hydrogen (secondary N) is 1. The molecule has 1 amide bonds. The first kappa shape index (κ1) is 20.3. The van der Waals surface area contributed by atoms with Crippen molar-refractivity contribution in [3.8, 4) is 23.0 Å². The molecule has 0 fully saturated rings. The summed E-state index contributed by atoms with van der Waals surface area (Å²) in [6.45, 7) is 4.52. The molecule has 0 aromatic heterocycles. The topological polar surface area (TPSA) is 92.3 Å². The molecule has 0 saturated heterocycles. The molecule has 0 aliphatic carbocycles. The Labute approximate surface area is 168 Å². The molecule has 3 rings (SSSR count). The van der Waals surface area contributed by atoms with Gasteiger partial charge in [0, 0.05) is 11.8 Å². The smallest absolute Gasteiger partial charge is 0.310 e. The number of esters is 1. The highest BCUT2D eigenvalue weighted by Crippen LogP contribution is 2.34. The lowest BCUT2D eigenvalue weighted by atomic mass is 10.1. The Hall–Kier alpha value is -3.42. The van der Waals surface area contributed by atoms with Crippen molar-refractivity contribution in [3.63, 3.8) is 0 Å². The van der Waals surface area contributed by atoms with Crippen LogP contribution < -0.4 is 24.3 Å². The lowest BCUT2D eigenvalue weighted by Gasteiger charge is -2.12. The van der Waals surface area contributed by atoms with E-state index in [1.807, 2.05) is 13.8 Å². The quantitative estimate of drug-likeness (QED) is 0.646. The fourth-order valence-corrected chi connectivity index (χ4v) is 2.74. The van der Waals surface area contributed by atoms with E-state index in [-0.39, 0.29) is 19.8 Å². The van der Waals surface area contributed by atoms with Crippen LogP contribution in [0.2, 0.25) is 0 Å². The number of ether oxygens (including phenoxy) is 5. The number of carbonyl (C=O) groups is 2. The molecule has 1 aliphatic heterocycles. The van der Waals surface area contributed by atoms with Gasteiger partial charge in [0.2, 0.25) is 6.79 Å². The Morgan fingerprint density at radius 2 is 1.72 bits per heavy atom. The van der Waals surface area contributed by atoms with Crippen molar-refractivity contribution in [2.45, 2.75) is 20.3 Å². The number of fused-ring (bicyclic) bond motifs is 1. The molecule has 1 aliphatic rings. The van der Waals surface area contributed by atoms with Gasteiger partial charge in [-0.15, -0.1) is 0 Å². The summed E-state index contributed by atoms with van der Waals surface area (Å²) in [5, 5.41) is 2.65. The zero-order valence-corrected chi connectivity index (χ0v) is 16.4. The molecule has 0 bridgehead atoms. The minimum Gasteiger partial charge on any atom is -0.490 e. The van der Waals surface area contributed by atoms with Crippen LogP contribution in [0.3, 0.4) is 0 Å². The summed E-state index contributed by atoms with van der Waals surface area (Å²) in [6.07, 6.45) is 0.0176. The number of benzene rings is 2. The van der Waals surface area contributed by atoms with Gasteiger partial charge in [0.05, 0.1) is 19.6 Å². The Morgan fingerprint density at radius 3 is 2.52 bits per heavy atom. The van der Waals surface area contributed by atoms with E-state index < -0.39 is 11.9 Å². The molecule has 154 valence electrons. The molecule has 1 heterocycles. The molecular weight excluding hydrogens is 378 g/mol. The predicted molar refractivity (Wildman–Crippen MR) is 105 cm³/mol. The summed E-state index contributed by atoms with van der Waals surface area (Å²) in [6, 6.07) is 10.3. The van der Waals surface area contributed by atoms with Crippen LogP contribution in [-0.4, -0.2) is 38.5 Å². The zero-order valence-electron chi connectivity index (χ0n) is 16.4. The van der Waals surface area contributed by atoms with Crippen molar-refractivity contribution in [1.29, 1.82) is 0 Å². The van der Waals surface area contributed by atoms with E-state index in [1.165, 1.54) is 0 Å². The van der Waals surface area contributed by atoms with Gasteiger partial charge in [-0.2, -0.15) is 0 Å². The average molecular weight is 401 g/mol. The van der Waals surface area contributed by atoms with Gasteiger partial charge in [-0.1, -0.05) is 6.07 Å². The summed E-state index contributed by atoms with van der Waals surface area (Å²) in [7, 11) is 0. The third-order valence-electron chi connectivity index (χ3n) is 3.98. The first-order valence-corrected chi connectivity index (χ1v) is 9.32. The van der Waals surface area contributed by atoms with Crippen molar-refractivity contribution >= 4 is 17.6 Å². The summed E-state index contributed by atoms with van der Waals surface area (Å²) >= 11 is 0. The third kappa shape index (κ3) is 5.54. The van der Waals surface area contributed by atoms with Gasteiger partial charge in [0.25, 0.3) is 5.91 Å². The van der Waals surface area contributed by atoms with Crippen molar-refractivity contribution in [2.75, 3.05) is 31.9 Å². The van der Waals surface area contributed by atoms with E-state index in [1.54, 1.807) is 36.4 Å². The monoisotopic (exact) mass is 401 g/mol. The van der Waals surface area contributed by atoms with E-state index >= 15 is 0 Å². The highest BCUT2D eigenvalue weighted by molar-refractivity contribution is 5.93. The molecule has 0 radical (unpaired) electrons. The maximum absolute atomic E-state index is 12.1. The molecule has 8 heteroatoms. The summed E-state index contributed by atoms with van der Waals surface area (Å²) in [4.78, 5) is 24.1. The number of hydrogen-bond acceptors (Lipinski definition) is 7. The van der Waals surface area contributed by atoms with Crippen LogP contribution in [0.15, 0.2) is 36.4 Å². The summed E-state index contributed by atoms with van der Waals surface area (Å²) in [5.41, 5.74) is 1.24. The van der Waals surface area contributed by atoms with Crippen LogP contribution in [0.1, 0.15) is 19.4 Å². The van der Waals surface area contributed by atoms with Crippen LogP contribution >= 0.6 is 0 Å². The Bertz CT molecular complexity index is 881. The lowest BCUT2D eigenvalue weighted by molar-refractivity contribution is -0.146. The lowest BCUT2D eigenvalue weighted by Crippen LogP contribution is -2.21. The first-order valence-electron chi connectivity index (χ1n) is 9.32. The molecule has 8 nitrogen and oxygen atoms in total. The minimum absolute atomic E-state index is 0.0176. The van der Waals surface area contributed by atoms with Crippen LogP contribution in [-0.2, 0) is 20.7 Å². The molecule has 0 spiro atoms. The fourth-order valence-electron chi connectivity index (χ4n) is 2.74. The molecule has 0 saturated carbocycles. The zero-order chi connectivity index (χ0) is 20.6. The largest absolute Gasteiger partial charge is 0.490 e. The van der Waals surface area contributed by atoms with E-state index in [9.17, 15) is 9.59 Å². The van der Waals surface area contributed by atoms with Crippen molar-refractivity contribution in [3.05, 3.63) is 42.0 Å². The highest BCUT2D eigenvalue weighted by Gasteiger charge is 2.15. The van der Waals surface area contributed by atoms with Gasteiger partial charge in [-0.25, -0.2) is 0 Å². The minimum atomic E-state index is -0.516. The van der Waals surface area contributed by atoms with Crippen molar-refractivity contribution in [2.24, 2.45) is 0 Å². The second-order valence-corrected chi connectivity index (χ2v) is 6.10. The maximum Gasteiger partial charge on any atom is 0.310 e. The number of carbonyl (C=O) groups excluding carboxylic acids is 2. The Morgan fingerprint density at radius 1 is 0.966 bits per heavy atom. The van der Waals surface area contributed by atoms with Crippen LogP contribution in [0, 0.1) is 0 Å². The van der Waals surface area contributed by atoms with Crippen LogP contribution in [0.4, 0.5) is 5.69 Å². The van der Waals surface area contributed by atoms with E-state index in [4.69, 9.17) is 23.7 Å². The normalized spacial score (nSPS) is 11.7. The first-order chi connectivity index (χ1) is 14.1. The second-order valence-electron chi connectivity index (χ2n) is 6.10. The van der Waals surface area contributed by atoms with Gasteiger partial charge in [0.1, 0.15) is 0 Å². The molecule has 2 aromatic carbocycles. The Balaban J connectivity index is 1.50. The number of amides is 1. The number of rotatable bonds is 9. The fraction of sp³-hybridized carbons (Fsp3) is 0.333. The van der Waals surface area contributed by atoms with Gasteiger partial charge < -0.3 is 29.0 Å². The van der Waals surface area contributed by atoms with Gasteiger partial charge in [-0.3, -0.25) is 9.59 Å². The standard InChI is InChI=1S/C21H23NO7/c1-3-25-16-7-5-14(9-18(16)26-4-2)10-21(24)27-12-20(23)22-15-6-8-17-19(11-15)29-13-28-17/h5-9,11H,3-4,10,12-13H2,1-2H3,(H,22,23). The molecule has 0 unspecified atom stereocenters. The van der Waals surface area contributed by atoms with Gasteiger partial charge in [-0.05, 0) is 43.7 Å². The molecule has 1 N–H and O–H groups in total. The number of hydrogen-bond donors (Lipinski definition) is 1. The van der Waals surface area contributed by atoms with Crippen LogP contribution in [0.25, 0.3) is 0 Å². The maximum atomic E-state index is 12.1. The van der Waals surface area contributed by atoms with E-state index in [0.717, 1.165) is 0 Å². The van der Waals surface area contributed by atoms with Gasteiger partial charge >= 0.3 is 5.97 Å². The average Bonchev–Trinajstić information content (AvgIpc) is 3.16. The summed E-state index contributed by atoms with van der Waals surface area (Å²) < 4.78 is 26.6. The van der Waals surface area contributed by atoms with E-state index in [0.29, 0.717) is 47.5 Å². The second kappa shape index (κ2) is 9.68. The highest BCUT2D eigenvalue weighted by atomic mass is 16.7. The van der Waals surface area contributed by atoms with Crippen LogP contribution in [0.5, 0.6) is 23.0 Å². The molecule has 0 atom stereocenters. The van der Waals surface area contributed by atoms with E-state index in [2.05, 4.69) is 5.32 Å². The Kier molecular flexibility index (Phi) is 6.78. The van der Waals surface area contributed by atoms with Crippen molar-refractivity contribution < 1.29 is 33.3 Å².